The summed E-state index contributed by atoms with van der Waals surface area (Å²) in [7, 11) is 0. The summed E-state index contributed by atoms with van der Waals surface area (Å²) in [5.74, 6) is -0.0733. The molecule has 0 radical (unpaired) electrons. The third-order valence-corrected chi connectivity index (χ3v) is 4.49. The number of halogens is 1. The molecule has 0 saturated carbocycles. The van der Waals surface area contributed by atoms with Crippen molar-refractivity contribution in [3.05, 3.63) is 64.2 Å². The van der Waals surface area contributed by atoms with Gasteiger partial charge in [-0.25, -0.2) is 0 Å². The summed E-state index contributed by atoms with van der Waals surface area (Å²) in [5, 5.41) is 5.96. The lowest BCUT2D eigenvalue weighted by Gasteiger charge is -2.20. The predicted octanol–water partition coefficient (Wildman–Crippen LogP) is 4.96. The van der Waals surface area contributed by atoms with E-state index < -0.39 is 0 Å². The van der Waals surface area contributed by atoms with Crippen LogP contribution in [0.4, 0.5) is 5.69 Å². The number of hydrogen-bond donors (Lipinski definition) is 2. The molecule has 0 heterocycles. The standard InChI is InChI=1S/C21H25ClN2O2/c1-13(2)15-9-7-10-16(14(3)4)20(15)24-19(25)12-23-21(26)17-8-5-6-11-18(17)22/h5-11,13-14H,12H2,1-4H3,(H,23,26)(H,24,25). The average Bonchev–Trinajstić information content (AvgIpc) is 2.59. The van der Waals surface area contributed by atoms with Crippen molar-refractivity contribution in [3.63, 3.8) is 0 Å². The zero-order valence-electron chi connectivity index (χ0n) is 15.6. The fourth-order valence-electron chi connectivity index (χ4n) is 2.78. The summed E-state index contributed by atoms with van der Waals surface area (Å²) in [6.45, 7) is 8.25. The second-order valence-corrected chi connectivity index (χ2v) is 7.24. The molecule has 5 heteroatoms. The number of benzene rings is 2. The van der Waals surface area contributed by atoms with Crippen LogP contribution in [-0.4, -0.2) is 18.4 Å². The molecule has 0 aliphatic carbocycles. The van der Waals surface area contributed by atoms with Crippen LogP contribution in [0.25, 0.3) is 0 Å². The maximum absolute atomic E-state index is 12.4. The topological polar surface area (TPSA) is 58.2 Å². The van der Waals surface area contributed by atoms with Crippen molar-refractivity contribution in [2.75, 3.05) is 11.9 Å². The number of amides is 2. The van der Waals surface area contributed by atoms with Gasteiger partial charge in [-0.2, -0.15) is 0 Å². The van der Waals surface area contributed by atoms with Crippen LogP contribution in [0, 0.1) is 0 Å². The molecule has 0 unspecified atom stereocenters. The van der Waals surface area contributed by atoms with E-state index in [1.165, 1.54) is 0 Å². The quantitative estimate of drug-likeness (QED) is 0.753. The van der Waals surface area contributed by atoms with Crippen LogP contribution in [0.5, 0.6) is 0 Å². The molecule has 138 valence electrons. The highest BCUT2D eigenvalue weighted by atomic mass is 35.5. The second kappa shape index (κ2) is 8.86. The molecular formula is C21H25ClN2O2. The third-order valence-electron chi connectivity index (χ3n) is 4.17. The van der Waals surface area contributed by atoms with Gasteiger partial charge in [0.25, 0.3) is 5.91 Å². The normalized spacial score (nSPS) is 10.9. The Kier molecular flexibility index (Phi) is 6.81. The largest absolute Gasteiger partial charge is 0.343 e. The predicted molar refractivity (Wildman–Crippen MR) is 107 cm³/mol. The van der Waals surface area contributed by atoms with Gasteiger partial charge in [-0.15, -0.1) is 0 Å². The minimum Gasteiger partial charge on any atom is -0.343 e. The lowest BCUT2D eigenvalue weighted by atomic mass is 9.92. The fraction of sp³-hybridized carbons (Fsp3) is 0.333. The molecule has 4 nitrogen and oxygen atoms in total. The van der Waals surface area contributed by atoms with Crippen molar-refractivity contribution in [2.24, 2.45) is 0 Å². The van der Waals surface area contributed by atoms with Gasteiger partial charge in [0.2, 0.25) is 5.91 Å². The first-order valence-corrected chi connectivity index (χ1v) is 9.14. The van der Waals surface area contributed by atoms with Crippen LogP contribution in [0.1, 0.15) is 61.0 Å². The SMILES string of the molecule is CC(C)c1cccc(C(C)C)c1NC(=O)CNC(=O)c1ccccc1Cl. The number of rotatable bonds is 6. The molecular weight excluding hydrogens is 348 g/mol. The van der Waals surface area contributed by atoms with Gasteiger partial charge in [0, 0.05) is 5.69 Å². The smallest absolute Gasteiger partial charge is 0.253 e. The maximum atomic E-state index is 12.4. The highest BCUT2D eigenvalue weighted by Gasteiger charge is 2.17. The molecule has 0 saturated heterocycles. The van der Waals surface area contributed by atoms with E-state index in [1.807, 2.05) is 18.2 Å². The van der Waals surface area contributed by atoms with E-state index in [4.69, 9.17) is 11.6 Å². The third kappa shape index (κ3) is 4.85. The molecule has 0 bridgehead atoms. The number of anilines is 1. The van der Waals surface area contributed by atoms with Crippen molar-refractivity contribution < 1.29 is 9.59 Å². The van der Waals surface area contributed by atoms with Gasteiger partial charge in [0.15, 0.2) is 0 Å². The Balaban J connectivity index is 2.11. The van der Waals surface area contributed by atoms with E-state index in [-0.39, 0.29) is 30.2 Å². The van der Waals surface area contributed by atoms with Gasteiger partial charge in [-0.3, -0.25) is 9.59 Å². The van der Waals surface area contributed by atoms with E-state index in [9.17, 15) is 9.59 Å². The van der Waals surface area contributed by atoms with Gasteiger partial charge < -0.3 is 10.6 Å². The lowest BCUT2D eigenvalue weighted by Crippen LogP contribution is -2.33. The zero-order chi connectivity index (χ0) is 19.3. The molecule has 2 aromatic carbocycles. The molecule has 0 fully saturated rings. The van der Waals surface area contributed by atoms with E-state index in [0.29, 0.717) is 10.6 Å². The van der Waals surface area contributed by atoms with Gasteiger partial charge in [0.1, 0.15) is 0 Å². The van der Waals surface area contributed by atoms with Crippen molar-refractivity contribution in [3.8, 4) is 0 Å². The van der Waals surface area contributed by atoms with Gasteiger partial charge in [-0.05, 0) is 35.1 Å². The molecule has 2 amide bonds. The van der Waals surface area contributed by atoms with Gasteiger partial charge in [0.05, 0.1) is 17.1 Å². The second-order valence-electron chi connectivity index (χ2n) is 6.83. The van der Waals surface area contributed by atoms with Crippen LogP contribution < -0.4 is 10.6 Å². The van der Waals surface area contributed by atoms with Crippen LogP contribution in [-0.2, 0) is 4.79 Å². The van der Waals surface area contributed by atoms with Crippen LogP contribution in [0.15, 0.2) is 42.5 Å². The molecule has 0 aliphatic heterocycles. The summed E-state index contributed by atoms with van der Waals surface area (Å²) in [6.07, 6.45) is 0. The number of hydrogen-bond acceptors (Lipinski definition) is 2. The first-order chi connectivity index (χ1) is 12.3. The van der Waals surface area contributed by atoms with Gasteiger partial charge >= 0.3 is 0 Å². The maximum Gasteiger partial charge on any atom is 0.253 e. The molecule has 2 N–H and O–H groups in total. The summed E-state index contributed by atoms with van der Waals surface area (Å²) < 4.78 is 0. The minimum atomic E-state index is -0.369. The van der Waals surface area contributed by atoms with Crippen molar-refractivity contribution in [1.82, 2.24) is 5.32 Å². The number of nitrogens with one attached hydrogen (secondary N) is 2. The summed E-state index contributed by atoms with van der Waals surface area (Å²) >= 11 is 6.01. The molecule has 0 spiro atoms. The molecule has 26 heavy (non-hydrogen) atoms. The highest BCUT2D eigenvalue weighted by molar-refractivity contribution is 6.33. The Morgan fingerprint density at radius 2 is 1.50 bits per heavy atom. The highest BCUT2D eigenvalue weighted by Crippen LogP contribution is 2.32. The summed E-state index contributed by atoms with van der Waals surface area (Å²) in [6, 6.07) is 12.8. The molecule has 0 aromatic heterocycles. The summed E-state index contributed by atoms with van der Waals surface area (Å²) in [4.78, 5) is 24.6. The van der Waals surface area contributed by atoms with E-state index in [0.717, 1.165) is 16.8 Å². The first-order valence-electron chi connectivity index (χ1n) is 8.76. The molecule has 0 atom stereocenters. The Morgan fingerprint density at radius 1 is 0.923 bits per heavy atom. The lowest BCUT2D eigenvalue weighted by molar-refractivity contribution is -0.115. The van der Waals surface area contributed by atoms with Crippen molar-refractivity contribution in [1.29, 1.82) is 0 Å². The Bertz CT molecular complexity index is 774. The van der Waals surface area contributed by atoms with E-state index in [1.54, 1.807) is 24.3 Å². The Hall–Kier alpha value is -2.33. The van der Waals surface area contributed by atoms with Crippen molar-refractivity contribution >= 4 is 29.1 Å². The number of carbonyl (C=O) groups excluding carboxylic acids is 2. The number of carbonyl (C=O) groups is 2. The molecule has 0 aliphatic rings. The molecule has 2 aromatic rings. The zero-order valence-corrected chi connectivity index (χ0v) is 16.4. The average molecular weight is 373 g/mol. The van der Waals surface area contributed by atoms with Crippen molar-refractivity contribution in [2.45, 2.75) is 39.5 Å². The van der Waals surface area contributed by atoms with Crippen LogP contribution in [0.3, 0.4) is 0 Å². The van der Waals surface area contributed by atoms with Crippen LogP contribution >= 0.6 is 11.6 Å². The molecule has 2 rings (SSSR count). The number of para-hydroxylation sites is 1. The fourth-order valence-corrected chi connectivity index (χ4v) is 3.00. The van der Waals surface area contributed by atoms with Gasteiger partial charge in [-0.1, -0.05) is 69.6 Å². The minimum absolute atomic E-state index is 0.117. The Labute approximate surface area is 159 Å². The Morgan fingerprint density at radius 3 is 2.04 bits per heavy atom. The van der Waals surface area contributed by atoms with E-state index >= 15 is 0 Å². The van der Waals surface area contributed by atoms with Crippen LogP contribution in [0.2, 0.25) is 5.02 Å². The monoisotopic (exact) mass is 372 g/mol. The first kappa shape index (κ1) is 20.0. The summed E-state index contributed by atoms with van der Waals surface area (Å²) in [5.41, 5.74) is 3.37. The van der Waals surface area contributed by atoms with E-state index in [2.05, 4.69) is 38.3 Å².